The van der Waals surface area contributed by atoms with Gasteiger partial charge in [0, 0.05) is 24.8 Å². The van der Waals surface area contributed by atoms with Crippen molar-refractivity contribution in [3.63, 3.8) is 0 Å². The second-order valence-electron chi connectivity index (χ2n) is 4.79. The number of anilines is 1. The van der Waals surface area contributed by atoms with E-state index in [1.165, 1.54) is 18.5 Å². The van der Waals surface area contributed by atoms with Crippen LogP contribution < -0.4 is 5.32 Å². The fourth-order valence-corrected chi connectivity index (χ4v) is 1.82. The summed E-state index contributed by atoms with van der Waals surface area (Å²) in [7, 11) is 1.98. The molecule has 0 aliphatic carbocycles. The van der Waals surface area contributed by atoms with E-state index in [9.17, 15) is 0 Å². The van der Waals surface area contributed by atoms with Gasteiger partial charge in [-0.2, -0.15) is 5.10 Å². The molecule has 0 spiro atoms. The summed E-state index contributed by atoms with van der Waals surface area (Å²) in [6.45, 7) is 8.87. The minimum absolute atomic E-state index is 0.546. The van der Waals surface area contributed by atoms with Crippen LogP contribution in [0.3, 0.4) is 0 Å². The molecule has 1 aromatic rings. The minimum atomic E-state index is 0.546. The monoisotopic (exact) mass is 223 g/mol. The SMILES string of the molecule is CCC(C)CC(CC)Nc1cc(C)n(C)n1. The Morgan fingerprint density at radius 3 is 2.50 bits per heavy atom. The van der Waals surface area contributed by atoms with E-state index in [-0.39, 0.29) is 0 Å². The van der Waals surface area contributed by atoms with Crippen LogP contribution in [0, 0.1) is 12.8 Å². The van der Waals surface area contributed by atoms with E-state index in [2.05, 4.69) is 44.2 Å². The van der Waals surface area contributed by atoms with Crippen molar-refractivity contribution in [2.45, 2.75) is 53.0 Å². The van der Waals surface area contributed by atoms with Gasteiger partial charge in [0.15, 0.2) is 0 Å². The summed E-state index contributed by atoms with van der Waals surface area (Å²) >= 11 is 0. The highest BCUT2D eigenvalue weighted by atomic mass is 15.3. The molecule has 2 atom stereocenters. The first-order chi connectivity index (χ1) is 7.56. The lowest BCUT2D eigenvalue weighted by molar-refractivity contribution is 0.461. The lowest BCUT2D eigenvalue weighted by Gasteiger charge is -2.19. The summed E-state index contributed by atoms with van der Waals surface area (Å²) in [5.41, 5.74) is 1.20. The predicted octanol–water partition coefficient (Wildman–Crippen LogP) is 3.36. The zero-order chi connectivity index (χ0) is 12.1. The summed E-state index contributed by atoms with van der Waals surface area (Å²) < 4.78 is 1.91. The Labute approximate surface area is 99.2 Å². The van der Waals surface area contributed by atoms with Crippen molar-refractivity contribution in [1.29, 1.82) is 0 Å². The summed E-state index contributed by atoms with van der Waals surface area (Å²) in [4.78, 5) is 0. The van der Waals surface area contributed by atoms with E-state index < -0.39 is 0 Å². The van der Waals surface area contributed by atoms with Crippen LogP contribution in [0.4, 0.5) is 5.82 Å². The van der Waals surface area contributed by atoms with Gasteiger partial charge in [0.05, 0.1) is 0 Å². The van der Waals surface area contributed by atoms with Crippen LogP contribution in [0.2, 0.25) is 0 Å². The Hall–Kier alpha value is -0.990. The van der Waals surface area contributed by atoms with E-state index in [4.69, 9.17) is 0 Å². The van der Waals surface area contributed by atoms with Gasteiger partial charge in [0.2, 0.25) is 0 Å². The normalized spacial score (nSPS) is 14.8. The lowest BCUT2D eigenvalue weighted by atomic mass is 9.98. The van der Waals surface area contributed by atoms with Crippen LogP contribution in [0.25, 0.3) is 0 Å². The quantitative estimate of drug-likeness (QED) is 0.801. The molecule has 0 radical (unpaired) electrons. The van der Waals surface area contributed by atoms with Crippen LogP contribution in [0.15, 0.2) is 6.07 Å². The maximum atomic E-state index is 4.44. The molecular weight excluding hydrogens is 198 g/mol. The predicted molar refractivity (Wildman–Crippen MR) is 69.7 cm³/mol. The first kappa shape index (κ1) is 13.1. The summed E-state index contributed by atoms with van der Waals surface area (Å²) in [5.74, 6) is 1.79. The van der Waals surface area contributed by atoms with Crippen molar-refractivity contribution >= 4 is 5.82 Å². The molecule has 2 unspecified atom stereocenters. The third-order valence-corrected chi connectivity index (χ3v) is 3.34. The Morgan fingerprint density at radius 1 is 1.38 bits per heavy atom. The molecule has 0 fully saturated rings. The molecule has 1 N–H and O–H groups in total. The number of hydrogen-bond acceptors (Lipinski definition) is 2. The number of rotatable bonds is 6. The van der Waals surface area contributed by atoms with Crippen molar-refractivity contribution in [3.05, 3.63) is 11.8 Å². The molecule has 1 heterocycles. The van der Waals surface area contributed by atoms with Crippen molar-refractivity contribution in [2.24, 2.45) is 13.0 Å². The molecule has 0 saturated carbocycles. The first-order valence-corrected chi connectivity index (χ1v) is 6.34. The zero-order valence-electron chi connectivity index (χ0n) is 11.2. The average Bonchev–Trinajstić information content (AvgIpc) is 2.56. The van der Waals surface area contributed by atoms with Crippen LogP contribution >= 0.6 is 0 Å². The van der Waals surface area contributed by atoms with E-state index in [0.29, 0.717) is 6.04 Å². The minimum Gasteiger partial charge on any atom is -0.366 e. The van der Waals surface area contributed by atoms with Crippen molar-refractivity contribution in [1.82, 2.24) is 9.78 Å². The molecule has 92 valence electrons. The Balaban J connectivity index is 2.56. The first-order valence-electron chi connectivity index (χ1n) is 6.34. The summed E-state index contributed by atoms with van der Waals surface area (Å²) in [5, 5.41) is 7.96. The van der Waals surface area contributed by atoms with Crippen molar-refractivity contribution in [3.8, 4) is 0 Å². The van der Waals surface area contributed by atoms with Gasteiger partial charge in [-0.15, -0.1) is 0 Å². The largest absolute Gasteiger partial charge is 0.366 e. The van der Waals surface area contributed by atoms with E-state index in [1.54, 1.807) is 0 Å². The van der Waals surface area contributed by atoms with Gasteiger partial charge in [-0.3, -0.25) is 4.68 Å². The number of nitrogens with zero attached hydrogens (tertiary/aromatic N) is 2. The van der Waals surface area contributed by atoms with Gasteiger partial charge in [-0.1, -0.05) is 27.2 Å². The second-order valence-corrected chi connectivity index (χ2v) is 4.79. The average molecular weight is 223 g/mol. The van der Waals surface area contributed by atoms with Crippen molar-refractivity contribution in [2.75, 3.05) is 5.32 Å². The molecule has 0 aliphatic rings. The van der Waals surface area contributed by atoms with Gasteiger partial charge in [0.1, 0.15) is 5.82 Å². The number of nitrogens with one attached hydrogen (secondary N) is 1. The Kier molecular flexibility index (Phi) is 4.84. The van der Waals surface area contributed by atoms with Gasteiger partial charge in [0.25, 0.3) is 0 Å². The molecule has 1 rings (SSSR count). The maximum absolute atomic E-state index is 4.44. The molecule has 0 saturated heterocycles. The molecule has 3 heteroatoms. The van der Waals surface area contributed by atoms with Crippen molar-refractivity contribution < 1.29 is 0 Å². The number of hydrogen-bond donors (Lipinski definition) is 1. The third-order valence-electron chi connectivity index (χ3n) is 3.34. The van der Waals surface area contributed by atoms with Gasteiger partial charge in [-0.25, -0.2) is 0 Å². The zero-order valence-corrected chi connectivity index (χ0v) is 11.2. The van der Waals surface area contributed by atoms with E-state index in [1.807, 2.05) is 11.7 Å². The number of aromatic nitrogens is 2. The molecule has 1 aromatic heterocycles. The maximum Gasteiger partial charge on any atom is 0.148 e. The molecule has 0 amide bonds. The van der Waals surface area contributed by atoms with E-state index >= 15 is 0 Å². The van der Waals surface area contributed by atoms with Crippen LogP contribution in [-0.2, 0) is 7.05 Å². The molecule has 16 heavy (non-hydrogen) atoms. The van der Waals surface area contributed by atoms with Gasteiger partial charge in [-0.05, 0) is 25.7 Å². The van der Waals surface area contributed by atoms with Crippen LogP contribution in [0.1, 0.15) is 45.7 Å². The molecule has 0 bridgehead atoms. The fraction of sp³-hybridized carbons (Fsp3) is 0.769. The van der Waals surface area contributed by atoms with Crippen LogP contribution in [-0.4, -0.2) is 15.8 Å². The molecule has 3 nitrogen and oxygen atoms in total. The standard InChI is InChI=1S/C13H25N3/c1-6-10(3)8-12(7-2)14-13-9-11(4)16(5)15-13/h9-10,12H,6-8H2,1-5H3,(H,14,15). The van der Waals surface area contributed by atoms with Crippen LogP contribution in [0.5, 0.6) is 0 Å². The number of aryl methyl sites for hydroxylation is 2. The summed E-state index contributed by atoms with van der Waals surface area (Å²) in [6.07, 6.45) is 3.63. The smallest absolute Gasteiger partial charge is 0.148 e. The van der Waals surface area contributed by atoms with E-state index in [0.717, 1.165) is 18.2 Å². The Morgan fingerprint density at radius 2 is 2.06 bits per heavy atom. The topological polar surface area (TPSA) is 29.9 Å². The Bertz CT molecular complexity index is 297. The highest BCUT2D eigenvalue weighted by Crippen LogP contribution is 2.16. The third kappa shape index (κ3) is 3.54. The summed E-state index contributed by atoms with van der Waals surface area (Å²) in [6, 6.07) is 2.66. The lowest BCUT2D eigenvalue weighted by Crippen LogP contribution is -2.21. The van der Waals surface area contributed by atoms with Gasteiger partial charge >= 0.3 is 0 Å². The molecular formula is C13H25N3. The second kappa shape index (κ2) is 5.92. The molecule has 0 aromatic carbocycles. The highest BCUT2D eigenvalue weighted by Gasteiger charge is 2.11. The fourth-order valence-electron chi connectivity index (χ4n) is 1.82. The van der Waals surface area contributed by atoms with Gasteiger partial charge < -0.3 is 5.32 Å². The molecule has 0 aliphatic heterocycles. The highest BCUT2D eigenvalue weighted by molar-refractivity contribution is 5.36.